The van der Waals surface area contributed by atoms with E-state index in [0.29, 0.717) is 18.3 Å². The Labute approximate surface area is 106 Å². The minimum Gasteiger partial charge on any atom is -0.349 e. The van der Waals surface area contributed by atoms with Gasteiger partial charge in [-0.3, -0.25) is 4.79 Å². The highest BCUT2D eigenvalue weighted by Crippen LogP contribution is 2.21. The Morgan fingerprint density at radius 3 is 3.00 bits per heavy atom. The fraction of sp³-hybridized carbons (Fsp3) is 0.667. The first kappa shape index (κ1) is 12.5. The normalized spacial score (nSPS) is 16.6. The summed E-state index contributed by atoms with van der Waals surface area (Å²) in [4.78, 5) is 18.0. The molecular weight excluding hydrogens is 234 g/mol. The van der Waals surface area contributed by atoms with Gasteiger partial charge in [0.25, 0.3) is 5.91 Å². The van der Waals surface area contributed by atoms with Gasteiger partial charge >= 0.3 is 0 Å². The van der Waals surface area contributed by atoms with Crippen molar-refractivity contribution >= 4 is 17.2 Å². The number of nitrogens with one attached hydrogen (secondary N) is 1. The van der Waals surface area contributed by atoms with Crippen molar-refractivity contribution in [2.45, 2.75) is 31.7 Å². The van der Waals surface area contributed by atoms with Crippen LogP contribution in [0.5, 0.6) is 0 Å². The first-order valence-electron chi connectivity index (χ1n) is 6.14. The van der Waals surface area contributed by atoms with Gasteiger partial charge in [-0.2, -0.15) is 0 Å². The zero-order valence-electron chi connectivity index (χ0n) is 10.2. The Morgan fingerprint density at radius 1 is 1.59 bits per heavy atom. The number of likely N-dealkylation sites (N-methyl/N-ethyl adjacent to an activating group) is 1. The molecule has 4 nitrogen and oxygen atoms in total. The van der Waals surface area contributed by atoms with Crippen LogP contribution in [0.15, 0.2) is 10.9 Å². The third-order valence-corrected chi connectivity index (χ3v) is 3.95. The number of amides is 1. The molecule has 1 saturated carbocycles. The van der Waals surface area contributed by atoms with Crippen LogP contribution in [0, 0.1) is 0 Å². The summed E-state index contributed by atoms with van der Waals surface area (Å²) in [6, 6.07) is 0.714. The lowest BCUT2D eigenvalue weighted by Crippen LogP contribution is -2.37. The summed E-state index contributed by atoms with van der Waals surface area (Å²) in [6.45, 7) is 1.61. The average molecular weight is 253 g/mol. The van der Waals surface area contributed by atoms with Crippen molar-refractivity contribution < 1.29 is 4.79 Å². The zero-order chi connectivity index (χ0) is 12.1. The highest BCUT2D eigenvalue weighted by molar-refractivity contribution is 7.07. The second-order valence-electron chi connectivity index (χ2n) is 4.55. The lowest BCUT2D eigenvalue weighted by Gasteiger charge is -2.23. The molecule has 5 heteroatoms. The highest BCUT2D eigenvalue weighted by Gasteiger charge is 2.19. The quantitative estimate of drug-likeness (QED) is 0.869. The van der Waals surface area contributed by atoms with Crippen LogP contribution in [0.1, 0.15) is 36.2 Å². The van der Waals surface area contributed by atoms with E-state index in [-0.39, 0.29) is 5.91 Å². The molecular formula is C12H19N3OS. The van der Waals surface area contributed by atoms with Gasteiger partial charge in [0.05, 0.1) is 5.51 Å². The number of rotatable bonds is 5. The molecule has 1 aliphatic rings. The number of hydrogen-bond acceptors (Lipinski definition) is 4. The van der Waals surface area contributed by atoms with E-state index >= 15 is 0 Å². The van der Waals surface area contributed by atoms with E-state index in [0.717, 1.165) is 6.54 Å². The second kappa shape index (κ2) is 6.12. The summed E-state index contributed by atoms with van der Waals surface area (Å²) >= 11 is 1.45. The molecule has 0 aliphatic heterocycles. The molecule has 1 aromatic heterocycles. The molecule has 0 spiro atoms. The van der Waals surface area contributed by atoms with E-state index in [9.17, 15) is 4.79 Å². The number of hydrogen-bond donors (Lipinski definition) is 1. The van der Waals surface area contributed by atoms with Gasteiger partial charge in [0.2, 0.25) is 0 Å². The van der Waals surface area contributed by atoms with E-state index < -0.39 is 0 Å². The molecule has 1 N–H and O–H groups in total. The fourth-order valence-electron chi connectivity index (χ4n) is 2.29. The second-order valence-corrected chi connectivity index (χ2v) is 5.27. The van der Waals surface area contributed by atoms with Gasteiger partial charge in [0, 0.05) is 24.5 Å². The smallest absolute Gasteiger partial charge is 0.270 e. The third-order valence-electron chi connectivity index (χ3n) is 3.36. The van der Waals surface area contributed by atoms with Crippen LogP contribution in [0.25, 0.3) is 0 Å². The lowest BCUT2D eigenvalue weighted by atomic mass is 10.2. The first-order chi connectivity index (χ1) is 8.27. The van der Waals surface area contributed by atoms with Gasteiger partial charge in [0.1, 0.15) is 5.69 Å². The van der Waals surface area contributed by atoms with Crippen LogP contribution < -0.4 is 5.32 Å². The van der Waals surface area contributed by atoms with Crippen molar-refractivity contribution in [2.24, 2.45) is 0 Å². The molecule has 1 aliphatic carbocycles. The Kier molecular flexibility index (Phi) is 4.50. The van der Waals surface area contributed by atoms with E-state index in [1.54, 1.807) is 10.9 Å². The molecule has 1 fully saturated rings. The number of nitrogens with zero attached hydrogens (tertiary/aromatic N) is 2. The van der Waals surface area contributed by atoms with Crippen LogP contribution in [-0.4, -0.2) is 42.0 Å². The van der Waals surface area contributed by atoms with Gasteiger partial charge in [0.15, 0.2) is 0 Å². The minimum atomic E-state index is -0.0638. The van der Waals surface area contributed by atoms with Crippen molar-refractivity contribution in [3.8, 4) is 0 Å². The van der Waals surface area contributed by atoms with E-state index in [2.05, 4.69) is 22.2 Å². The zero-order valence-corrected chi connectivity index (χ0v) is 11.0. The Bertz CT molecular complexity index is 347. The monoisotopic (exact) mass is 253 g/mol. The Balaban J connectivity index is 1.67. The van der Waals surface area contributed by atoms with Crippen LogP contribution in [0.3, 0.4) is 0 Å². The van der Waals surface area contributed by atoms with Crippen LogP contribution in [0.4, 0.5) is 0 Å². The van der Waals surface area contributed by atoms with E-state index in [1.807, 2.05) is 0 Å². The molecule has 0 atom stereocenters. The molecule has 0 unspecified atom stereocenters. The van der Waals surface area contributed by atoms with Crippen molar-refractivity contribution in [2.75, 3.05) is 20.1 Å². The molecule has 0 aromatic carbocycles. The summed E-state index contributed by atoms with van der Waals surface area (Å²) in [5, 5.41) is 4.68. The van der Waals surface area contributed by atoms with Crippen LogP contribution in [0.2, 0.25) is 0 Å². The fourth-order valence-corrected chi connectivity index (χ4v) is 2.82. The Hall–Kier alpha value is -0.940. The molecule has 17 heavy (non-hydrogen) atoms. The summed E-state index contributed by atoms with van der Waals surface area (Å²) in [5.41, 5.74) is 2.21. The van der Waals surface area contributed by atoms with Crippen LogP contribution >= 0.6 is 11.3 Å². The molecule has 1 amide bonds. The molecule has 94 valence electrons. The SMILES string of the molecule is CN(CCNC(=O)c1cscn1)C1CCCC1. The van der Waals surface area contributed by atoms with E-state index in [1.165, 1.54) is 37.0 Å². The summed E-state index contributed by atoms with van der Waals surface area (Å²) in [5.74, 6) is -0.0638. The average Bonchev–Trinajstić information content (AvgIpc) is 3.02. The van der Waals surface area contributed by atoms with Crippen LogP contribution in [-0.2, 0) is 0 Å². The molecule has 0 saturated heterocycles. The minimum absolute atomic E-state index is 0.0638. The highest BCUT2D eigenvalue weighted by atomic mass is 32.1. The van der Waals surface area contributed by atoms with Gasteiger partial charge in [-0.1, -0.05) is 12.8 Å². The predicted octanol–water partition coefficient (Wildman–Crippen LogP) is 1.75. The summed E-state index contributed by atoms with van der Waals surface area (Å²) < 4.78 is 0. The summed E-state index contributed by atoms with van der Waals surface area (Å²) in [7, 11) is 2.14. The summed E-state index contributed by atoms with van der Waals surface area (Å²) in [6.07, 6.45) is 5.30. The van der Waals surface area contributed by atoms with Gasteiger partial charge in [-0.25, -0.2) is 4.98 Å². The maximum absolute atomic E-state index is 11.6. The predicted molar refractivity (Wildman–Crippen MR) is 69.3 cm³/mol. The van der Waals surface area contributed by atoms with Crippen molar-refractivity contribution in [1.29, 1.82) is 0 Å². The van der Waals surface area contributed by atoms with Gasteiger partial charge < -0.3 is 10.2 Å². The standard InChI is InChI=1S/C12H19N3OS/c1-15(10-4-2-3-5-10)7-6-13-12(16)11-8-17-9-14-11/h8-10H,2-7H2,1H3,(H,13,16). The third kappa shape index (κ3) is 3.51. The molecule has 1 aromatic rings. The first-order valence-corrected chi connectivity index (χ1v) is 7.08. The number of thiazole rings is 1. The molecule has 0 radical (unpaired) electrons. The largest absolute Gasteiger partial charge is 0.349 e. The number of carbonyl (C=O) groups is 1. The maximum Gasteiger partial charge on any atom is 0.270 e. The molecule has 1 heterocycles. The Morgan fingerprint density at radius 2 is 2.35 bits per heavy atom. The molecule has 0 bridgehead atoms. The topological polar surface area (TPSA) is 45.2 Å². The number of aromatic nitrogens is 1. The maximum atomic E-state index is 11.6. The number of carbonyl (C=O) groups excluding carboxylic acids is 1. The van der Waals surface area contributed by atoms with Gasteiger partial charge in [-0.05, 0) is 19.9 Å². The van der Waals surface area contributed by atoms with E-state index in [4.69, 9.17) is 0 Å². The lowest BCUT2D eigenvalue weighted by molar-refractivity contribution is 0.0943. The van der Waals surface area contributed by atoms with Crippen molar-refractivity contribution in [3.63, 3.8) is 0 Å². The van der Waals surface area contributed by atoms with Crippen molar-refractivity contribution in [3.05, 3.63) is 16.6 Å². The molecule has 2 rings (SSSR count). The van der Waals surface area contributed by atoms with Gasteiger partial charge in [-0.15, -0.1) is 11.3 Å². The van der Waals surface area contributed by atoms with Crippen molar-refractivity contribution in [1.82, 2.24) is 15.2 Å².